The molecular weight excluding hydrogens is 206 g/mol. The van der Waals surface area contributed by atoms with Crippen molar-refractivity contribution in [3.05, 3.63) is 24.2 Å². The molecule has 16 heavy (non-hydrogen) atoms. The molecule has 2 rings (SSSR count). The fraction of sp³-hybridized carbons (Fsp3) is 0.667. The average Bonchev–Trinajstić information content (AvgIpc) is 2.81. The minimum atomic E-state index is 0.120. The number of likely N-dealkylation sites (tertiary alicyclic amines) is 1. The first-order valence-corrected chi connectivity index (χ1v) is 5.84. The van der Waals surface area contributed by atoms with E-state index in [4.69, 9.17) is 14.3 Å². The summed E-state index contributed by atoms with van der Waals surface area (Å²) in [4.78, 5) is 2.41. The van der Waals surface area contributed by atoms with Crippen molar-refractivity contribution in [3.63, 3.8) is 0 Å². The molecule has 1 aliphatic heterocycles. The van der Waals surface area contributed by atoms with Gasteiger partial charge in [-0.25, -0.2) is 0 Å². The molecule has 1 aromatic heterocycles. The monoisotopic (exact) mass is 225 g/mol. The second kappa shape index (κ2) is 6.03. The molecular formula is C12H19NO3. The number of aliphatic hydroxyl groups excluding tert-OH is 1. The number of nitrogens with zero attached hydrogens (tertiary/aromatic N) is 1. The van der Waals surface area contributed by atoms with Crippen LogP contribution in [0.4, 0.5) is 0 Å². The lowest BCUT2D eigenvalue weighted by Crippen LogP contribution is -2.36. The molecule has 1 fully saturated rings. The number of ether oxygens (including phenoxy) is 1. The molecule has 0 unspecified atom stereocenters. The Bertz CT molecular complexity index is 278. The van der Waals surface area contributed by atoms with Crippen LogP contribution in [-0.4, -0.2) is 42.4 Å². The van der Waals surface area contributed by atoms with E-state index in [9.17, 15) is 0 Å². The van der Waals surface area contributed by atoms with Gasteiger partial charge in [-0.2, -0.15) is 0 Å². The lowest BCUT2D eigenvalue weighted by Gasteiger charge is -2.31. The van der Waals surface area contributed by atoms with Gasteiger partial charge in [0.25, 0.3) is 0 Å². The van der Waals surface area contributed by atoms with Crippen molar-refractivity contribution in [1.82, 2.24) is 4.90 Å². The second-order valence-corrected chi connectivity index (χ2v) is 4.20. The van der Waals surface area contributed by atoms with Gasteiger partial charge in [0.2, 0.25) is 0 Å². The summed E-state index contributed by atoms with van der Waals surface area (Å²) < 4.78 is 10.6. The molecule has 0 bridgehead atoms. The molecule has 1 saturated heterocycles. The summed E-state index contributed by atoms with van der Waals surface area (Å²) in [5.41, 5.74) is 1.23. The highest BCUT2D eigenvalue weighted by atomic mass is 16.5. The van der Waals surface area contributed by atoms with Crippen molar-refractivity contribution in [3.8, 4) is 0 Å². The summed E-state index contributed by atoms with van der Waals surface area (Å²) >= 11 is 0. The maximum Gasteiger partial charge on any atom is 0.0947 e. The number of rotatable bonds is 5. The lowest BCUT2D eigenvalue weighted by molar-refractivity contribution is -0.00903. The Morgan fingerprint density at radius 1 is 1.44 bits per heavy atom. The van der Waals surface area contributed by atoms with Gasteiger partial charge in [0.1, 0.15) is 0 Å². The summed E-state index contributed by atoms with van der Waals surface area (Å²) in [5, 5.41) is 8.67. The zero-order chi connectivity index (χ0) is 11.2. The molecule has 0 atom stereocenters. The van der Waals surface area contributed by atoms with Gasteiger partial charge in [-0.1, -0.05) is 0 Å². The lowest BCUT2D eigenvalue weighted by atomic mass is 10.1. The fourth-order valence-electron chi connectivity index (χ4n) is 2.09. The van der Waals surface area contributed by atoms with Crippen LogP contribution in [0.2, 0.25) is 0 Å². The van der Waals surface area contributed by atoms with E-state index in [0.717, 1.165) is 32.5 Å². The highest BCUT2D eigenvalue weighted by Crippen LogP contribution is 2.16. The zero-order valence-corrected chi connectivity index (χ0v) is 9.47. The predicted octanol–water partition coefficient (Wildman–Crippen LogP) is 1.25. The average molecular weight is 225 g/mol. The molecule has 4 heteroatoms. The Labute approximate surface area is 95.8 Å². The topological polar surface area (TPSA) is 45.8 Å². The Hall–Kier alpha value is -0.840. The standard InChI is InChI=1S/C12H19NO3/c14-6-8-16-12-1-4-13(5-2-12)9-11-3-7-15-10-11/h3,7,10,12,14H,1-2,4-6,8-9H2. The first-order chi connectivity index (χ1) is 7.88. The summed E-state index contributed by atoms with van der Waals surface area (Å²) in [5.74, 6) is 0. The molecule has 0 amide bonds. The smallest absolute Gasteiger partial charge is 0.0947 e. The van der Waals surface area contributed by atoms with Gasteiger partial charge >= 0.3 is 0 Å². The molecule has 0 radical (unpaired) electrons. The number of aliphatic hydroxyl groups is 1. The van der Waals surface area contributed by atoms with Crippen molar-refractivity contribution in [1.29, 1.82) is 0 Å². The third kappa shape index (κ3) is 3.33. The van der Waals surface area contributed by atoms with Gasteiger partial charge in [0.15, 0.2) is 0 Å². The van der Waals surface area contributed by atoms with E-state index in [1.807, 2.05) is 6.07 Å². The van der Waals surface area contributed by atoms with Crippen LogP contribution in [0.5, 0.6) is 0 Å². The van der Waals surface area contributed by atoms with Crippen molar-refractivity contribution < 1.29 is 14.3 Å². The van der Waals surface area contributed by atoms with Crippen LogP contribution in [-0.2, 0) is 11.3 Å². The first kappa shape index (κ1) is 11.6. The molecule has 1 aromatic rings. The van der Waals surface area contributed by atoms with E-state index < -0.39 is 0 Å². The Balaban J connectivity index is 1.69. The van der Waals surface area contributed by atoms with E-state index in [-0.39, 0.29) is 6.61 Å². The van der Waals surface area contributed by atoms with Crippen LogP contribution in [0.25, 0.3) is 0 Å². The molecule has 0 saturated carbocycles. The van der Waals surface area contributed by atoms with Crippen molar-refractivity contribution >= 4 is 0 Å². The molecule has 1 aliphatic rings. The summed E-state index contributed by atoms with van der Waals surface area (Å²) in [7, 11) is 0. The molecule has 2 heterocycles. The maximum absolute atomic E-state index is 8.67. The molecule has 90 valence electrons. The Morgan fingerprint density at radius 3 is 2.88 bits per heavy atom. The normalized spacial score (nSPS) is 19.1. The van der Waals surface area contributed by atoms with Crippen LogP contribution in [0.1, 0.15) is 18.4 Å². The largest absolute Gasteiger partial charge is 0.472 e. The number of hydrogen-bond donors (Lipinski definition) is 1. The highest BCUT2D eigenvalue weighted by molar-refractivity contribution is 5.05. The SMILES string of the molecule is OCCOC1CCN(Cc2ccoc2)CC1. The van der Waals surface area contributed by atoms with E-state index in [0.29, 0.717) is 12.7 Å². The van der Waals surface area contributed by atoms with E-state index in [2.05, 4.69) is 4.90 Å². The summed E-state index contributed by atoms with van der Waals surface area (Å²) in [6.07, 6.45) is 5.95. The third-order valence-electron chi connectivity index (χ3n) is 2.97. The van der Waals surface area contributed by atoms with E-state index >= 15 is 0 Å². The van der Waals surface area contributed by atoms with E-state index in [1.165, 1.54) is 5.56 Å². The summed E-state index contributed by atoms with van der Waals surface area (Å²) in [6, 6.07) is 2.01. The van der Waals surface area contributed by atoms with Crippen LogP contribution < -0.4 is 0 Å². The zero-order valence-electron chi connectivity index (χ0n) is 9.47. The Kier molecular flexibility index (Phi) is 4.39. The van der Waals surface area contributed by atoms with E-state index in [1.54, 1.807) is 12.5 Å². The van der Waals surface area contributed by atoms with Crippen molar-refractivity contribution in [2.75, 3.05) is 26.3 Å². The van der Waals surface area contributed by atoms with Crippen LogP contribution in [0.3, 0.4) is 0 Å². The molecule has 4 nitrogen and oxygen atoms in total. The predicted molar refractivity (Wildman–Crippen MR) is 60.0 cm³/mol. The van der Waals surface area contributed by atoms with Gasteiger partial charge in [0.05, 0.1) is 31.8 Å². The van der Waals surface area contributed by atoms with Crippen LogP contribution in [0, 0.1) is 0 Å². The van der Waals surface area contributed by atoms with Gasteiger partial charge in [-0.05, 0) is 18.9 Å². The first-order valence-electron chi connectivity index (χ1n) is 5.84. The molecule has 1 N–H and O–H groups in total. The van der Waals surface area contributed by atoms with Crippen LogP contribution >= 0.6 is 0 Å². The van der Waals surface area contributed by atoms with Gasteiger partial charge < -0.3 is 14.3 Å². The number of hydrogen-bond acceptors (Lipinski definition) is 4. The second-order valence-electron chi connectivity index (χ2n) is 4.20. The fourth-order valence-corrected chi connectivity index (χ4v) is 2.09. The third-order valence-corrected chi connectivity index (χ3v) is 2.97. The van der Waals surface area contributed by atoms with Gasteiger partial charge in [0, 0.05) is 25.2 Å². The van der Waals surface area contributed by atoms with Crippen molar-refractivity contribution in [2.24, 2.45) is 0 Å². The highest BCUT2D eigenvalue weighted by Gasteiger charge is 2.19. The minimum Gasteiger partial charge on any atom is -0.472 e. The molecule has 0 aromatic carbocycles. The molecule has 0 aliphatic carbocycles. The maximum atomic E-state index is 8.67. The van der Waals surface area contributed by atoms with Gasteiger partial charge in [-0.3, -0.25) is 4.90 Å². The number of furan rings is 1. The quantitative estimate of drug-likeness (QED) is 0.819. The minimum absolute atomic E-state index is 0.120. The van der Waals surface area contributed by atoms with Crippen LogP contribution in [0.15, 0.2) is 23.0 Å². The Morgan fingerprint density at radius 2 is 2.25 bits per heavy atom. The number of piperidine rings is 1. The van der Waals surface area contributed by atoms with Gasteiger partial charge in [-0.15, -0.1) is 0 Å². The summed E-state index contributed by atoms with van der Waals surface area (Å²) in [6.45, 7) is 3.66. The molecule has 0 spiro atoms. The van der Waals surface area contributed by atoms with Crippen molar-refractivity contribution in [2.45, 2.75) is 25.5 Å².